The Balaban J connectivity index is 1.86. The minimum Gasteiger partial charge on any atom is -0.388 e. The van der Waals surface area contributed by atoms with E-state index >= 15 is 0 Å². The number of rotatable bonds is 4. The van der Waals surface area contributed by atoms with Crippen LogP contribution in [0.2, 0.25) is 0 Å². The maximum absolute atomic E-state index is 5.58. The molecular formula is C14H21N3S. The summed E-state index contributed by atoms with van der Waals surface area (Å²) >= 11 is 4.93. The lowest BCUT2D eigenvalue weighted by atomic mass is 9.83. The Morgan fingerprint density at radius 1 is 1.44 bits per heavy atom. The first-order valence-electron chi connectivity index (χ1n) is 6.65. The average Bonchev–Trinajstić information content (AvgIpc) is 2.38. The van der Waals surface area contributed by atoms with Crippen LogP contribution in [0.25, 0.3) is 0 Å². The largest absolute Gasteiger partial charge is 0.388 e. The minimum atomic E-state index is 0.352. The second-order valence-corrected chi connectivity index (χ2v) is 5.74. The summed E-state index contributed by atoms with van der Waals surface area (Å²) in [6.07, 6.45) is 7.14. The molecule has 1 fully saturated rings. The Morgan fingerprint density at radius 3 is 2.83 bits per heavy atom. The number of hydrogen-bond donors (Lipinski definition) is 2. The van der Waals surface area contributed by atoms with Crippen LogP contribution in [0, 0.1) is 11.8 Å². The van der Waals surface area contributed by atoms with E-state index in [1.165, 1.54) is 25.7 Å². The highest BCUT2D eigenvalue weighted by Crippen LogP contribution is 2.28. The van der Waals surface area contributed by atoms with Crippen LogP contribution in [0.1, 0.15) is 38.3 Å². The number of pyridine rings is 1. The van der Waals surface area contributed by atoms with E-state index in [0.717, 1.165) is 24.1 Å². The van der Waals surface area contributed by atoms with Crippen molar-refractivity contribution in [3.63, 3.8) is 0 Å². The van der Waals surface area contributed by atoms with Gasteiger partial charge in [-0.2, -0.15) is 0 Å². The number of anilines is 1. The van der Waals surface area contributed by atoms with E-state index < -0.39 is 0 Å². The van der Waals surface area contributed by atoms with Crippen molar-refractivity contribution in [2.75, 3.05) is 11.9 Å². The average molecular weight is 263 g/mol. The van der Waals surface area contributed by atoms with Crippen molar-refractivity contribution in [3.05, 3.63) is 24.0 Å². The van der Waals surface area contributed by atoms with Gasteiger partial charge in [0.15, 0.2) is 0 Å². The second-order valence-electron chi connectivity index (χ2n) is 5.30. The highest BCUT2D eigenvalue weighted by atomic mass is 32.1. The normalized spacial score (nSPS) is 23.6. The Labute approximate surface area is 114 Å². The zero-order valence-corrected chi connectivity index (χ0v) is 11.7. The Kier molecular flexibility index (Phi) is 4.53. The second kappa shape index (κ2) is 6.14. The molecule has 1 aliphatic rings. The van der Waals surface area contributed by atoms with E-state index in [0.29, 0.717) is 10.7 Å². The van der Waals surface area contributed by atoms with Crippen LogP contribution in [0.5, 0.6) is 0 Å². The maximum Gasteiger partial charge on any atom is 0.122 e. The highest BCUT2D eigenvalue weighted by molar-refractivity contribution is 7.80. The smallest absolute Gasteiger partial charge is 0.122 e. The summed E-state index contributed by atoms with van der Waals surface area (Å²) in [4.78, 5) is 4.49. The van der Waals surface area contributed by atoms with Crippen LogP contribution < -0.4 is 11.1 Å². The monoisotopic (exact) mass is 263 g/mol. The molecule has 3 N–H and O–H groups in total. The van der Waals surface area contributed by atoms with Gasteiger partial charge in [0.2, 0.25) is 0 Å². The topological polar surface area (TPSA) is 50.9 Å². The molecule has 0 atom stereocenters. The van der Waals surface area contributed by atoms with E-state index in [1.54, 1.807) is 6.20 Å². The first kappa shape index (κ1) is 13.3. The lowest BCUT2D eigenvalue weighted by Crippen LogP contribution is -2.20. The zero-order valence-electron chi connectivity index (χ0n) is 10.9. The summed E-state index contributed by atoms with van der Waals surface area (Å²) in [7, 11) is 0. The molecule has 0 spiro atoms. The fourth-order valence-corrected chi connectivity index (χ4v) is 2.58. The SMILES string of the molecule is CC1CCC(CNc2ccnc(C(N)=S)c2)CC1. The predicted octanol–water partition coefficient (Wildman–Crippen LogP) is 2.95. The standard InChI is InChI=1S/C14H21N3S/c1-10-2-4-11(5-3-10)9-17-12-6-7-16-13(8-12)14(15)18/h6-8,10-11H,2-5,9H2,1H3,(H2,15,18)(H,16,17). The van der Waals surface area contributed by atoms with Crippen LogP contribution in [-0.2, 0) is 0 Å². The number of nitrogens with zero attached hydrogens (tertiary/aromatic N) is 1. The molecule has 2 rings (SSSR count). The third-order valence-corrected chi connectivity index (χ3v) is 3.95. The predicted molar refractivity (Wildman–Crippen MR) is 79.7 cm³/mol. The maximum atomic E-state index is 5.58. The van der Waals surface area contributed by atoms with Crippen LogP contribution in [0.15, 0.2) is 18.3 Å². The first-order chi connectivity index (χ1) is 8.65. The number of thiocarbonyl (C=S) groups is 1. The summed E-state index contributed by atoms with van der Waals surface area (Å²) < 4.78 is 0. The molecule has 0 aromatic carbocycles. The van der Waals surface area contributed by atoms with Gasteiger partial charge in [0.1, 0.15) is 4.99 Å². The Morgan fingerprint density at radius 2 is 2.17 bits per heavy atom. The fraction of sp³-hybridized carbons (Fsp3) is 0.571. The van der Waals surface area contributed by atoms with Gasteiger partial charge in [-0.15, -0.1) is 0 Å². The van der Waals surface area contributed by atoms with E-state index in [4.69, 9.17) is 18.0 Å². The van der Waals surface area contributed by atoms with Gasteiger partial charge in [-0.3, -0.25) is 4.98 Å². The van der Waals surface area contributed by atoms with E-state index in [9.17, 15) is 0 Å². The van der Waals surface area contributed by atoms with Crippen molar-refractivity contribution in [3.8, 4) is 0 Å². The molecule has 4 heteroatoms. The van der Waals surface area contributed by atoms with Gasteiger partial charge < -0.3 is 11.1 Å². The van der Waals surface area contributed by atoms with Crippen LogP contribution >= 0.6 is 12.2 Å². The van der Waals surface area contributed by atoms with E-state index in [-0.39, 0.29) is 0 Å². The summed E-state index contributed by atoms with van der Waals surface area (Å²) in [6, 6.07) is 3.89. The molecule has 98 valence electrons. The molecule has 0 radical (unpaired) electrons. The molecule has 3 nitrogen and oxygen atoms in total. The molecule has 1 aliphatic carbocycles. The zero-order chi connectivity index (χ0) is 13.0. The number of nitrogens with two attached hydrogens (primary N) is 1. The van der Waals surface area contributed by atoms with Crippen molar-refractivity contribution in [1.82, 2.24) is 4.98 Å². The van der Waals surface area contributed by atoms with Gasteiger partial charge in [0, 0.05) is 18.4 Å². The molecule has 0 aliphatic heterocycles. The molecule has 1 saturated carbocycles. The molecule has 1 heterocycles. The van der Waals surface area contributed by atoms with E-state index in [2.05, 4.69) is 17.2 Å². The molecule has 18 heavy (non-hydrogen) atoms. The molecule has 0 unspecified atom stereocenters. The van der Waals surface area contributed by atoms with Crippen LogP contribution in [0.3, 0.4) is 0 Å². The third kappa shape index (κ3) is 3.67. The van der Waals surface area contributed by atoms with Gasteiger partial charge in [-0.05, 0) is 36.8 Å². The molecule has 0 amide bonds. The lowest BCUT2D eigenvalue weighted by molar-refractivity contribution is 0.300. The first-order valence-corrected chi connectivity index (χ1v) is 7.05. The van der Waals surface area contributed by atoms with Crippen molar-refractivity contribution in [2.24, 2.45) is 17.6 Å². The Hall–Kier alpha value is -1.16. The summed E-state index contributed by atoms with van der Waals surface area (Å²) in [5.41, 5.74) is 7.33. The lowest BCUT2D eigenvalue weighted by Gasteiger charge is -2.26. The molecule has 1 aromatic rings. The quantitative estimate of drug-likeness (QED) is 0.820. The minimum absolute atomic E-state index is 0.352. The molecule has 1 aromatic heterocycles. The van der Waals surface area contributed by atoms with Crippen molar-refractivity contribution in [2.45, 2.75) is 32.6 Å². The van der Waals surface area contributed by atoms with Gasteiger partial charge in [0.05, 0.1) is 5.69 Å². The highest BCUT2D eigenvalue weighted by Gasteiger charge is 2.17. The molecule has 0 saturated heterocycles. The van der Waals surface area contributed by atoms with Gasteiger partial charge in [-0.1, -0.05) is 32.0 Å². The number of aromatic nitrogens is 1. The van der Waals surface area contributed by atoms with Crippen molar-refractivity contribution >= 4 is 22.9 Å². The molecule has 0 bridgehead atoms. The summed E-state index contributed by atoms with van der Waals surface area (Å²) in [6.45, 7) is 3.38. The van der Waals surface area contributed by atoms with Gasteiger partial charge >= 0.3 is 0 Å². The van der Waals surface area contributed by atoms with Crippen LogP contribution in [-0.4, -0.2) is 16.5 Å². The molecular weight excluding hydrogens is 242 g/mol. The van der Waals surface area contributed by atoms with Crippen molar-refractivity contribution in [1.29, 1.82) is 0 Å². The number of hydrogen-bond acceptors (Lipinski definition) is 3. The van der Waals surface area contributed by atoms with Gasteiger partial charge in [0.25, 0.3) is 0 Å². The van der Waals surface area contributed by atoms with E-state index in [1.807, 2.05) is 12.1 Å². The summed E-state index contributed by atoms with van der Waals surface area (Å²) in [5, 5.41) is 3.47. The van der Waals surface area contributed by atoms with Gasteiger partial charge in [-0.25, -0.2) is 0 Å². The Bertz CT molecular complexity index is 411. The summed E-state index contributed by atoms with van der Waals surface area (Å²) in [5.74, 6) is 1.70. The third-order valence-electron chi connectivity index (χ3n) is 3.74. The number of nitrogens with one attached hydrogen (secondary N) is 1. The van der Waals surface area contributed by atoms with Crippen molar-refractivity contribution < 1.29 is 0 Å². The van der Waals surface area contributed by atoms with Crippen LogP contribution in [0.4, 0.5) is 5.69 Å². The fourth-order valence-electron chi connectivity index (χ4n) is 2.47.